The van der Waals surface area contributed by atoms with Crippen LogP contribution in [0.2, 0.25) is 0 Å². The van der Waals surface area contributed by atoms with Crippen LogP contribution < -0.4 is 5.32 Å². The number of benzene rings is 1. The van der Waals surface area contributed by atoms with Crippen LogP contribution in [0, 0.1) is 5.82 Å². The molecule has 1 atom stereocenters. The number of rotatable bonds is 5. The molecule has 0 aromatic heterocycles. The minimum absolute atomic E-state index is 0.0491. The molecule has 1 saturated heterocycles. The quantitative estimate of drug-likeness (QED) is 0.871. The lowest BCUT2D eigenvalue weighted by molar-refractivity contribution is -0.131. The number of sulfone groups is 1. The van der Waals surface area contributed by atoms with Gasteiger partial charge in [-0.05, 0) is 30.7 Å². The predicted molar refractivity (Wildman–Crippen MR) is 84.1 cm³/mol. The highest BCUT2D eigenvalue weighted by atomic mass is 32.2. The maximum absolute atomic E-state index is 12.8. The van der Waals surface area contributed by atoms with E-state index >= 15 is 0 Å². The van der Waals surface area contributed by atoms with Crippen molar-refractivity contribution in [3.05, 3.63) is 30.1 Å². The Morgan fingerprint density at radius 1 is 1.30 bits per heavy atom. The van der Waals surface area contributed by atoms with Gasteiger partial charge in [0.15, 0.2) is 9.84 Å². The largest absolute Gasteiger partial charge is 0.338 e. The maximum Gasteiger partial charge on any atom is 0.226 e. The standard InChI is InChI=1S/C15H19FN2O4S/c1-11(19)18(14-7-9-23(21,22)10-14)8-6-15(20)17-13-4-2-12(16)3-5-13/h2-5,14H,6-10H2,1H3,(H,17,20). The normalized spacial score (nSPS) is 19.3. The zero-order chi connectivity index (χ0) is 17.0. The molecule has 8 heteroatoms. The SMILES string of the molecule is CC(=O)N(CCC(=O)Nc1ccc(F)cc1)C1CCS(=O)(=O)C1. The van der Waals surface area contributed by atoms with Crippen molar-refractivity contribution in [2.45, 2.75) is 25.8 Å². The summed E-state index contributed by atoms with van der Waals surface area (Å²) in [5.74, 6) is -0.936. The molecule has 1 heterocycles. The Bertz CT molecular complexity index is 688. The Hall–Kier alpha value is -1.96. The fourth-order valence-corrected chi connectivity index (χ4v) is 4.33. The topological polar surface area (TPSA) is 83.6 Å². The van der Waals surface area contributed by atoms with Gasteiger partial charge in [0.1, 0.15) is 5.82 Å². The van der Waals surface area contributed by atoms with Crippen LogP contribution in [0.4, 0.5) is 10.1 Å². The third-order valence-corrected chi connectivity index (χ3v) is 5.51. The Balaban J connectivity index is 1.90. The number of carbonyl (C=O) groups is 2. The minimum atomic E-state index is -3.10. The third kappa shape index (κ3) is 5.02. The van der Waals surface area contributed by atoms with Crippen LogP contribution in [0.15, 0.2) is 24.3 Å². The van der Waals surface area contributed by atoms with Crippen LogP contribution in [0.1, 0.15) is 19.8 Å². The highest BCUT2D eigenvalue weighted by molar-refractivity contribution is 7.91. The third-order valence-electron chi connectivity index (χ3n) is 3.76. The van der Waals surface area contributed by atoms with Gasteiger partial charge in [0.25, 0.3) is 0 Å². The average Bonchev–Trinajstić information content (AvgIpc) is 2.81. The number of hydrogen-bond acceptors (Lipinski definition) is 4. The van der Waals surface area contributed by atoms with E-state index < -0.39 is 15.7 Å². The van der Waals surface area contributed by atoms with Gasteiger partial charge in [0, 0.05) is 31.6 Å². The zero-order valence-corrected chi connectivity index (χ0v) is 13.6. The molecule has 1 unspecified atom stereocenters. The Morgan fingerprint density at radius 3 is 2.48 bits per heavy atom. The van der Waals surface area contributed by atoms with E-state index in [0.29, 0.717) is 12.1 Å². The van der Waals surface area contributed by atoms with Gasteiger partial charge >= 0.3 is 0 Å². The number of amides is 2. The van der Waals surface area contributed by atoms with Gasteiger partial charge in [0.05, 0.1) is 11.5 Å². The monoisotopic (exact) mass is 342 g/mol. The van der Waals surface area contributed by atoms with E-state index in [1.54, 1.807) is 0 Å². The van der Waals surface area contributed by atoms with Crippen molar-refractivity contribution >= 4 is 27.3 Å². The van der Waals surface area contributed by atoms with E-state index in [1.165, 1.54) is 36.1 Å². The van der Waals surface area contributed by atoms with Crippen molar-refractivity contribution in [2.75, 3.05) is 23.4 Å². The molecule has 0 saturated carbocycles. The molecule has 1 aliphatic rings. The van der Waals surface area contributed by atoms with Gasteiger partial charge < -0.3 is 10.2 Å². The second-order valence-electron chi connectivity index (χ2n) is 5.57. The van der Waals surface area contributed by atoms with Gasteiger partial charge in [-0.2, -0.15) is 0 Å². The van der Waals surface area contributed by atoms with Crippen LogP contribution >= 0.6 is 0 Å². The molecule has 23 heavy (non-hydrogen) atoms. The number of carbonyl (C=O) groups excluding carboxylic acids is 2. The molecule has 1 fully saturated rings. The maximum atomic E-state index is 12.8. The van der Waals surface area contributed by atoms with E-state index in [1.807, 2.05) is 0 Å². The van der Waals surface area contributed by atoms with Gasteiger partial charge in [-0.1, -0.05) is 0 Å². The van der Waals surface area contributed by atoms with Gasteiger partial charge in [-0.25, -0.2) is 12.8 Å². The molecule has 1 aromatic rings. The molecule has 2 amide bonds. The summed E-state index contributed by atoms with van der Waals surface area (Å²) in [5, 5.41) is 2.61. The zero-order valence-electron chi connectivity index (χ0n) is 12.8. The van der Waals surface area contributed by atoms with Crippen LogP contribution in [0.5, 0.6) is 0 Å². The first-order valence-electron chi connectivity index (χ1n) is 7.30. The first-order chi connectivity index (χ1) is 10.8. The van der Waals surface area contributed by atoms with Crippen molar-refractivity contribution in [3.63, 3.8) is 0 Å². The molecule has 1 aromatic carbocycles. The summed E-state index contributed by atoms with van der Waals surface area (Å²) in [6, 6.07) is 5.00. The molecule has 6 nitrogen and oxygen atoms in total. The molecule has 2 rings (SSSR count). The Kier molecular flexibility index (Phi) is 5.35. The van der Waals surface area contributed by atoms with Gasteiger partial charge in [-0.3, -0.25) is 9.59 Å². The average molecular weight is 342 g/mol. The molecular weight excluding hydrogens is 323 g/mol. The number of anilines is 1. The summed E-state index contributed by atoms with van der Waals surface area (Å²) in [6.07, 6.45) is 0.453. The molecular formula is C15H19FN2O4S. The number of halogens is 1. The fraction of sp³-hybridized carbons (Fsp3) is 0.467. The van der Waals surface area contributed by atoms with Crippen molar-refractivity contribution < 1.29 is 22.4 Å². The lowest BCUT2D eigenvalue weighted by Gasteiger charge is -2.26. The van der Waals surface area contributed by atoms with Crippen LogP contribution in [-0.4, -0.2) is 49.2 Å². The Morgan fingerprint density at radius 2 is 1.96 bits per heavy atom. The van der Waals surface area contributed by atoms with E-state index in [2.05, 4.69) is 5.32 Å². The molecule has 1 N–H and O–H groups in total. The summed E-state index contributed by atoms with van der Waals surface area (Å²) in [4.78, 5) is 25.1. The fourth-order valence-electron chi connectivity index (χ4n) is 2.60. The number of nitrogens with zero attached hydrogens (tertiary/aromatic N) is 1. The van der Waals surface area contributed by atoms with Crippen LogP contribution in [-0.2, 0) is 19.4 Å². The second-order valence-corrected chi connectivity index (χ2v) is 7.80. The lowest BCUT2D eigenvalue weighted by Crippen LogP contribution is -2.41. The highest BCUT2D eigenvalue weighted by Gasteiger charge is 2.33. The second kappa shape index (κ2) is 7.08. The van der Waals surface area contributed by atoms with E-state index in [9.17, 15) is 22.4 Å². The summed E-state index contributed by atoms with van der Waals surface area (Å²) in [5.41, 5.74) is 0.467. The summed E-state index contributed by atoms with van der Waals surface area (Å²) < 4.78 is 35.9. The van der Waals surface area contributed by atoms with Crippen LogP contribution in [0.3, 0.4) is 0 Å². The molecule has 0 bridgehead atoms. The molecule has 0 aliphatic carbocycles. The van der Waals surface area contributed by atoms with Crippen molar-refractivity contribution in [1.82, 2.24) is 4.90 Å². The van der Waals surface area contributed by atoms with Gasteiger partial charge in [-0.15, -0.1) is 0 Å². The first-order valence-corrected chi connectivity index (χ1v) is 9.12. The van der Waals surface area contributed by atoms with E-state index in [4.69, 9.17) is 0 Å². The smallest absolute Gasteiger partial charge is 0.226 e. The van der Waals surface area contributed by atoms with E-state index in [-0.39, 0.29) is 42.3 Å². The van der Waals surface area contributed by atoms with Crippen LogP contribution in [0.25, 0.3) is 0 Å². The lowest BCUT2D eigenvalue weighted by atomic mass is 10.2. The summed E-state index contributed by atoms with van der Waals surface area (Å²) in [7, 11) is -3.10. The molecule has 1 aliphatic heterocycles. The van der Waals surface area contributed by atoms with Crippen molar-refractivity contribution in [3.8, 4) is 0 Å². The van der Waals surface area contributed by atoms with Crippen molar-refractivity contribution in [2.24, 2.45) is 0 Å². The summed E-state index contributed by atoms with van der Waals surface area (Å²) >= 11 is 0. The first kappa shape index (κ1) is 17.4. The molecule has 126 valence electrons. The summed E-state index contributed by atoms with van der Waals surface area (Å²) in [6.45, 7) is 1.52. The molecule has 0 radical (unpaired) electrons. The van der Waals surface area contributed by atoms with Gasteiger partial charge in [0.2, 0.25) is 11.8 Å². The Labute approximate surface area is 134 Å². The predicted octanol–water partition coefficient (Wildman–Crippen LogP) is 1.19. The minimum Gasteiger partial charge on any atom is -0.338 e. The number of nitrogens with one attached hydrogen (secondary N) is 1. The van der Waals surface area contributed by atoms with E-state index in [0.717, 1.165) is 0 Å². The molecule has 0 spiro atoms. The number of hydrogen-bond donors (Lipinski definition) is 1. The highest BCUT2D eigenvalue weighted by Crippen LogP contribution is 2.18. The van der Waals surface area contributed by atoms with Crippen molar-refractivity contribution in [1.29, 1.82) is 0 Å².